The number of ether oxygens (including phenoxy) is 1. The van der Waals surface area contributed by atoms with E-state index in [0.29, 0.717) is 35.5 Å². The molecule has 1 unspecified atom stereocenters. The summed E-state index contributed by atoms with van der Waals surface area (Å²) < 4.78 is 39.6. The molecule has 10 nitrogen and oxygen atoms in total. The van der Waals surface area contributed by atoms with Crippen molar-refractivity contribution in [1.29, 1.82) is 0 Å². The number of para-hydroxylation sites is 1. The molecule has 0 bridgehead atoms. The third-order valence-corrected chi connectivity index (χ3v) is 7.98. The fourth-order valence-corrected chi connectivity index (χ4v) is 5.25. The van der Waals surface area contributed by atoms with E-state index in [1.54, 1.807) is 31.2 Å². The molecular formula is C23H30N4O6S. The number of benzene rings is 1. The number of hydrogen-bond acceptors (Lipinski definition) is 7. The highest BCUT2D eigenvalue weighted by atomic mass is 32.2. The Bertz CT molecular complexity index is 1180. The maximum absolute atomic E-state index is 13.0. The third-order valence-electron chi connectivity index (χ3n) is 6.54. The van der Waals surface area contributed by atoms with E-state index in [2.05, 4.69) is 15.0 Å². The van der Waals surface area contributed by atoms with Crippen LogP contribution in [0.2, 0.25) is 0 Å². The maximum atomic E-state index is 13.0. The highest BCUT2D eigenvalue weighted by Crippen LogP contribution is 2.44. The van der Waals surface area contributed by atoms with E-state index in [4.69, 9.17) is 9.15 Å². The fourth-order valence-electron chi connectivity index (χ4n) is 4.61. The fraction of sp³-hybridized carbons (Fsp3) is 0.522. The van der Waals surface area contributed by atoms with Gasteiger partial charge in [0.1, 0.15) is 17.1 Å². The van der Waals surface area contributed by atoms with Crippen LogP contribution < -0.4 is 10.0 Å². The molecule has 1 spiro atoms. The Morgan fingerprint density at radius 1 is 1.21 bits per heavy atom. The van der Waals surface area contributed by atoms with E-state index in [1.165, 1.54) is 14.1 Å². The first kappa shape index (κ1) is 24.2. The second-order valence-corrected chi connectivity index (χ2v) is 10.9. The van der Waals surface area contributed by atoms with Crippen molar-refractivity contribution in [2.24, 2.45) is 5.92 Å². The summed E-state index contributed by atoms with van der Waals surface area (Å²) in [4.78, 5) is 29.5. The number of aromatic nitrogens is 1. The number of esters is 1. The Morgan fingerprint density at radius 3 is 2.62 bits per heavy atom. The Balaban J connectivity index is 1.50. The SMILES string of the molecule is Cc1oc(-c2ccccc2NS(=O)(=O)N(C)C)nc1CNC(=O)C1CC(=O)OC12CCCCC2. The van der Waals surface area contributed by atoms with Crippen molar-refractivity contribution in [2.75, 3.05) is 18.8 Å². The van der Waals surface area contributed by atoms with Crippen molar-refractivity contribution in [2.45, 2.75) is 57.6 Å². The summed E-state index contributed by atoms with van der Waals surface area (Å²) in [6.45, 7) is 1.86. The lowest BCUT2D eigenvalue weighted by molar-refractivity contribution is -0.153. The molecule has 184 valence electrons. The summed E-state index contributed by atoms with van der Waals surface area (Å²) in [5.74, 6) is -0.309. The summed E-state index contributed by atoms with van der Waals surface area (Å²) in [6.07, 6.45) is 4.49. The van der Waals surface area contributed by atoms with Crippen LogP contribution in [0.25, 0.3) is 11.5 Å². The molecule has 1 saturated carbocycles. The van der Waals surface area contributed by atoms with Gasteiger partial charge in [0, 0.05) is 14.1 Å². The minimum Gasteiger partial charge on any atom is -0.458 e. The van der Waals surface area contributed by atoms with Crippen molar-refractivity contribution < 1.29 is 27.2 Å². The van der Waals surface area contributed by atoms with Crippen molar-refractivity contribution in [1.82, 2.24) is 14.6 Å². The molecule has 1 aromatic heterocycles. The molecule has 1 atom stereocenters. The highest BCUT2D eigenvalue weighted by Gasteiger charge is 2.52. The zero-order valence-corrected chi connectivity index (χ0v) is 20.4. The maximum Gasteiger partial charge on any atom is 0.307 e. The van der Waals surface area contributed by atoms with Crippen LogP contribution in [0.3, 0.4) is 0 Å². The average Bonchev–Trinajstić information content (AvgIpc) is 3.31. The van der Waals surface area contributed by atoms with Crippen molar-refractivity contribution >= 4 is 27.8 Å². The summed E-state index contributed by atoms with van der Waals surface area (Å²) in [5.41, 5.74) is 0.640. The van der Waals surface area contributed by atoms with Crippen LogP contribution in [-0.4, -0.2) is 49.3 Å². The lowest BCUT2D eigenvalue weighted by Crippen LogP contribution is -2.45. The van der Waals surface area contributed by atoms with E-state index < -0.39 is 21.7 Å². The first-order chi connectivity index (χ1) is 16.1. The van der Waals surface area contributed by atoms with E-state index in [9.17, 15) is 18.0 Å². The number of rotatable bonds is 7. The standard InChI is InChI=1S/C23H30N4O6S/c1-15-19(14-24-21(29)17-13-20(28)33-23(17)11-7-4-8-12-23)25-22(32-15)16-9-5-6-10-18(16)26-34(30,31)27(2)3/h5-6,9-10,17,26H,4,7-8,11-14H2,1-3H3,(H,24,29). The van der Waals surface area contributed by atoms with E-state index >= 15 is 0 Å². The van der Waals surface area contributed by atoms with Crippen LogP contribution >= 0.6 is 0 Å². The number of carbonyl (C=O) groups excluding carboxylic acids is 2. The van der Waals surface area contributed by atoms with Gasteiger partial charge in [0.25, 0.3) is 0 Å². The van der Waals surface area contributed by atoms with Crippen LogP contribution in [0.4, 0.5) is 5.69 Å². The van der Waals surface area contributed by atoms with Gasteiger partial charge in [-0.25, -0.2) is 4.98 Å². The molecule has 2 aliphatic rings. The van der Waals surface area contributed by atoms with Gasteiger partial charge in [-0.05, 0) is 44.7 Å². The molecule has 1 aliphatic heterocycles. The summed E-state index contributed by atoms with van der Waals surface area (Å²) >= 11 is 0. The molecule has 1 saturated heterocycles. The van der Waals surface area contributed by atoms with Crippen molar-refractivity contribution in [3.8, 4) is 11.5 Å². The largest absolute Gasteiger partial charge is 0.458 e. The van der Waals surface area contributed by atoms with Crippen molar-refractivity contribution in [3.05, 3.63) is 35.7 Å². The molecule has 1 aliphatic carbocycles. The summed E-state index contributed by atoms with van der Waals surface area (Å²) in [7, 11) is -0.853. The van der Waals surface area contributed by atoms with E-state index in [-0.39, 0.29) is 30.7 Å². The molecule has 1 amide bonds. The number of carbonyl (C=O) groups is 2. The first-order valence-corrected chi connectivity index (χ1v) is 12.8. The number of aryl methyl sites for hydroxylation is 1. The highest BCUT2D eigenvalue weighted by molar-refractivity contribution is 7.90. The molecule has 2 aromatic rings. The first-order valence-electron chi connectivity index (χ1n) is 11.4. The van der Waals surface area contributed by atoms with Gasteiger partial charge < -0.3 is 14.5 Å². The molecule has 0 radical (unpaired) electrons. The molecule has 4 rings (SSSR count). The van der Waals surface area contributed by atoms with Gasteiger partial charge in [-0.2, -0.15) is 12.7 Å². The zero-order chi connectivity index (χ0) is 24.5. The molecular weight excluding hydrogens is 460 g/mol. The Hall–Kier alpha value is -2.92. The smallest absolute Gasteiger partial charge is 0.307 e. The van der Waals surface area contributed by atoms with Crippen LogP contribution in [0.15, 0.2) is 28.7 Å². The summed E-state index contributed by atoms with van der Waals surface area (Å²) in [6, 6.07) is 6.79. The van der Waals surface area contributed by atoms with Gasteiger partial charge in [-0.15, -0.1) is 0 Å². The Labute approximate surface area is 199 Å². The number of nitrogens with one attached hydrogen (secondary N) is 2. The average molecular weight is 491 g/mol. The van der Waals surface area contributed by atoms with Gasteiger partial charge in [-0.1, -0.05) is 18.6 Å². The van der Waals surface area contributed by atoms with Crippen molar-refractivity contribution in [3.63, 3.8) is 0 Å². The van der Waals surface area contributed by atoms with Crippen LogP contribution in [0.1, 0.15) is 50.0 Å². The lowest BCUT2D eigenvalue weighted by atomic mass is 9.75. The van der Waals surface area contributed by atoms with Gasteiger partial charge in [-0.3, -0.25) is 14.3 Å². The normalized spacial score (nSPS) is 19.9. The summed E-state index contributed by atoms with van der Waals surface area (Å²) in [5, 5.41) is 2.89. The molecule has 1 aromatic carbocycles. The second-order valence-electron chi connectivity index (χ2n) is 9.03. The molecule has 11 heteroatoms. The number of hydrogen-bond donors (Lipinski definition) is 2. The van der Waals surface area contributed by atoms with Crippen LogP contribution in [-0.2, 0) is 31.1 Å². The number of amides is 1. The molecule has 2 N–H and O–H groups in total. The van der Waals surface area contributed by atoms with E-state index in [0.717, 1.165) is 23.6 Å². The monoisotopic (exact) mass is 490 g/mol. The van der Waals surface area contributed by atoms with Crippen LogP contribution in [0, 0.1) is 12.8 Å². The number of nitrogens with zero attached hydrogens (tertiary/aromatic N) is 2. The minimum atomic E-state index is -3.72. The van der Waals surface area contributed by atoms with E-state index in [1.807, 2.05) is 0 Å². The minimum absolute atomic E-state index is 0.0915. The quantitative estimate of drug-likeness (QED) is 0.571. The number of oxazole rings is 1. The topological polar surface area (TPSA) is 131 Å². The Morgan fingerprint density at radius 2 is 1.91 bits per heavy atom. The second kappa shape index (κ2) is 9.38. The van der Waals surface area contributed by atoms with Crippen LogP contribution in [0.5, 0.6) is 0 Å². The van der Waals surface area contributed by atoms with Gasteiger partial charge >= 0.3 is 16.2 Å². The molecule has 2 heterocycles. The van der Waals surface area contributed by atoms with Gasteiger partial charge in [0.05, 0.1) is 30.1 Å². The molecule has 2 fully saturated rings. The predicted octanol–water partition coefficient (Wildman–Crippen LogP) is 2.75. The zero-order valence-electron chi connectivity index (χ0n) is 19.6. The lowest BCUT2D eigenvalue weighted by Gasteiger charge is -2.35. The number of anilines is 1. The van der Waals surface area contributed by atoms with Gasteiger partial charge in [0.15, 0.2) is 0 Å². The third kappa shape index (κ3) is 4.80. The Kier molecular flexibility index (Phi) is 6.68. The molecule has 34 heavy (non-hydrogen) atoms. The van der Waals surface area contributed by atoms with Gasteiger partial charge in [0.2, 0.25) is 11.8 Å². The predicted molar refractivity (Wildman–Crippen MR) is 125 cm³/mol.